The van der Waals surface area contributed by atoms with E-state index in [2.05, 4.69) is 4.89 Å². The van der Waals surface area contributed by atoms with E-state index >= 15 is 0 Å². The molecule has 2 nitrogen and oxygen atoms in total. The molecule has 0 atom stereocenters. The van der Waals surface area contributed by atoms with Gasteiger partial charge in [-0.3, -0.25) is 0 Å². The van der Waals surface area contributed by atoms with Crippen LogP contribution in [0, 0.1) is 0 Å². The average molecular weight is 202 g/mol. The van der Waals surface area contributed by atoms with Gasteiger partial charge < -0.3 is 0 Å². The van der Waals surface area contributed by atoms with Crippen LogP contribution in [-0.4, -0.2) is 7.11 Å². The van der Waals surface area contributed by atoms with E-state index in [1.165, 1.54) is 7.11 Å². The SMILES string of the molecule is COOCc1ccccc1.[Cu]. The van der Waals surface area contributed by atoms with Crippen LogP contribution >= 0.6 is 0 Å². The maximum absolute atomic E-state index is 4.72. The Morgan fingerprint density at radius 1 is 1.18 bits per heavy atom. The number of rotatable bonds is 3. The van der Waals surface area contributed by atoms with Gasteiger partial charge in [-0.15, -0.1) is 0 Å². The first-order valence-electron chi connectivity index (χ1n) is 3.13. The normalized spacial score (nSPS) is 8.82. The first kappa shape index (κ1) is 10.7. The van der Waals surface area contributed by atoms with Crippen LogP contribution < -0.4 is 0 Å². The van der Waals surface area contributed by atoms with Gasteiger partial charge in [0.25, 0.3) is 0 Å². The molecule has 0 saturated carbocycles. The molecular weight excluding hydrogens is 192 g/mol. The Kier molecular flexibility index (Phi) is 6.18. The molecule has 1 radical (unpaired) electrons. The van der Waals surface area contributed by atoms with Gasteiger partial charge in [0.15, 0.2) is 0 Å². The summed E-state index contributed by atoms with van der Waals surface area (Å²) in [5.74, 6) is 0. The van der Waals surface area contributed by atoms with Crippen molar-refractivity contribution < 1.29 is 26.8 Å². The van der Waals surface area contributed by atoms with Gasteiger partial charge in [-0.1, -0.05) is 30.3 Å². The average Bonchev–Trinajstić information content (AvgIpc) is 2.03. The fraction of sp³-hybridized carbons (Fsp3) is 0.250. The first-order valence-corrected chi connectivity index (χ1v) is 3.13. The van der Waals surface area contributed by atoms with Gasteiger partial charge >= 0.3 is 0 Å². The van der Waals surface area contributed by atoms with Gasteiger partial charge in [0.2, 0.25) is 0 Å². The molecular formula is C8H10CuO2. The van der Waals surface area contributed by atoms with E-state index in [1.807, 2.05) is 30.3 Å². The van der Waals surface area contributed by atoms with Crippen LogP contribution in [0.5, 0.6) is 0 Å². The third-order valence-electron chi connectivity index (χ3n) is 1.19. The summed E-state index contributed by atoms with van der Waals surface area (Å²) in [7, 11) is 1.50. The summed E-state index contributed by atoms with van der Waals surface area (Å²) in [6.45, 7) is 0.511. The largest absolute Gasteiger partial charge is 0.240 e. The van der Waals surface area contributed by atoms with Crippen molar-refractivity contribution in [3.8, 4) is 0 Å². The summed E-state index contributed by atoms with van der Waals surface area (Å²) in [5.41, 5.74) is 1.12. The van der Waals surface area contributed by atoms with Gasteiger partial charge in [0.05, 0.1) is 7.11 Å². The van der Waals surface area contributed by atoms with Gasteiger partial charge in [-0.25, -0.2) is 9.78 Å². The molecule has 11 heavy (non-hydrogen) atoms. The van der Waals surface area contributed by atoms with E-state index in [0.717, 1.165) is 5.56 Å². The Morgan fingerprint density at radius 3 is 2.36 bits per heavy atom. The zero-order chi connectivity index (χ0) is 7.23. The van der Waals surface area contributed by atoms with Crippen molar-refractivity contribution in [2.45, 2.75) is 6.61 Å². The van der Waals surface area contributed by atoms with Crippen LogP contribution in [0.4, 0.5) is 0 Å². The molecule has 0 bridgehead atoms. The van der Waals surface area contributed by atoms with Crippen LogP contribution in [0.25, 0.3) is 0 Å². The van der Waals surface area contributed by atoms with Crippen molar-refractivity contribution in [1.82, 2.24) is 0 Å². The van der Waals surface area contributed by atoms with Gasteiger partial charge in [0, 0.05) is 17.1 Å². The van der Waals surface area contributed by atoms with Crippen LogP contribution in [-0.2, 0) is 33.5 Å². The molecule has 0 spiro atoms. The van der Waals surface area contributed by atoms with Gasteiger partial charge in [-0.05, 0) is 5.56 Å². The van der Waals surface area contributed by atoms with E-state index in [-0.39, 0.29) is 17.1 Å². The first-order chi connectivity index (χ1) is 4.93. The molecule has 0 aliphatic carbocycles. The van der Waals surface area contributed by atoms with Crippen molar-refractivity contribution in [2.24, 2.45) is 0 Å². The zero-order valence-corrected chi connectivity index (χ0v) is 7.15. The van der Waals surface area contributed by atoms with Crippen LogP contribution in [0.1, 0.15) is 5.56 Å². The minimum Gasteiger partial charge on any atom is -0.240 e. The van der Waals surface area contributed by atoms with Gasteiger partial charge in [-0.2, -0.15) is 0 Å². The van der Waals surface area contributed by atoms with E-state index in [4.69, 9.17) is 4.89 Å². The molecule has 1 aromatic rings. The molecule has 0 amide bonds. The molecule has 0 aromatic heterocycles. The van der Waals surface area contributed by atoms with E-state index < -0.39 is 0 Å². The quantitative estimate of drug-likeness (QED) is 0.422. The third-order valence-corrected chi connectivity index (χ3v) is 1.19. The Bertz CT molecular complexity index is 177. The van der Waals surface area contributed by atoms with Crippen molar-refractivity contribution in [3.63, 3.8) is 0 Å². The Morgan fingerprint density at radius 2 is 1.82 bits per heavy atom. The summed E-state index contributed by atoms with van der Waals surface area (Å²) in [4.78, 5) is 9.17. The fourth-order valence-corrected chi connectivity index (χ4v) is 0.701. The summed E-state index contributed by atoms with van der Waals surface area (Å²) in [5, 5.41) is 0. The molecule has 3 heteroatoms. The maximum atomic E-state index is 4.72. The van der Waals surface area contributed by atoms with Gasteiger partial charge in [0.1, 0.15) is 6.61 Å². The second-order valence-electron chi connectivity index (χ2n) is 1.91. The van der Waals surface area contributed by atoms with Crippen LogP contribution in [0.3, 0.4) is 0 Å². The number of hydrogen-bond donors (Lipinski definition) is 0. The summed E-state index contributed by atoms with van der Waals surface area (Å²) in [6.07, 6.45) is 0. The van der Waals surface area contributed by atoms with Crippen molar-refractivity contribution in [1.29, 1.82) is 0 Å². The van der Waals surface area contributed by atoms with E-state index in [1.54, 1.807) is 0 Å². The topological polar surface area (TPSA) is 18.5 Å². The Balaban J connectivity index is 0.000001000. The Hall–Kier alpha value is -0.341. The monoisotopic (exact) mass is 201 g/mol. The number of benzene rings is 1. The molecule has 1 aromatic carbocycles. The van der Waals surface area contributed by atoms with Crippen molar-refractivity contribution in [3.05, 3.63) is 35.9 Å². The molecule has 0 fully saturated rings. The molecule has 0 aliphatic rings. The predicted octanol–water partition coefficient (Wildman–Crippen LogP) is 1.76. The minimum atomic E-state index is 0. The maximum Gasteiger partial charge on any atom is 0.107 e. The van der Waals surface area contributed by atoms with Crippen molar-refractivity contribution >= 4 is 0 Å². The smallest absolute Gasteiger partial charge is 0.107 e. The second-order valence-corrected chi connectivity index (χ2v) is 1.91. The summed E-state index contributed by atoms with van der Waals surface area (Å²) < 4.78 is 0. The molecule has 0 N–H and O–H groups in total. The second kappa shape index (κ2) is 6.37. The Labute approximate surface area is 76.9 Å². The van der Waals surface area contributed by atoms with Crippen LogP contribution in [0.2, 0.25) is 0 Å². The predicted molar refractivity (Wildman–Crippen MR) is 38.2 cm³/mol. The summed E-state index contributed by atoms with van der Waals surface area (Å²) in [6, 6.07) is 9.87. The van der Waals surface area contributed by atoms with E-state index in [9.17, 15) is 0 Å². The molecule has 0 heterocycles. The third kappa shape index (κ3) is 4.17. The molecule has 0 unspecified atom stereocenters. The number of hydrogen-bond acceptors (Lipinski definition) is 2. The fourth-order valence-electron chi connectivity index (χ4n) is 0.701. The van der Waals surface area contributed by atoms with Crippen molar-refractivity contribution in [2.75, 3.05) is 7.11 Å². The molecule has 1 rings (SSSR count). The molecule has 0 aliphatic heterocycles. The minimum absolute atomic E-state index is 0. The standard InChI is InChI=1S/C8H10O2.Cu/c1-9-10-7-8-5-3-2-4-6-8;/h2-6H,7H2,1H3;. The zero-order valence-electron chi connectivity index (χ0n) is 6.21. The van der Waals surface area contributed by atoms with E-state index in [0.29, 0.717) is 6.61 Å². The summed E-state index contributed by atoms with van der Waals surface area (Å²) >= 11 is 0. The molecule has 65 valence electrons. The van der Waals surface area contributed by atoms with Crippen LogP contribution in [0.15, 0.2) is 30.3 Å². The molecule has 0 saturated heterocycles.